The second-order valence-electron chi connectivity index (χ2n) is 7.98. The van der Waals surface area contributed by atoms with Crippen LogP contribution in [0.1, 0.15) is 47.8 Å². The highest BCUT2D eigenvalue weighted by atomic mass is 16.2. The molecule has 2 aliphatic rings. The van der Waals surface area contributed by atoms with Crippen molar-refractivity contribution < 1.29 is 9.59 Å². The predicted octanol–water partition coefficient (Wildman–Crippen LogP) is 3.28. The Kier molecular flexibility index (Phi) is 5.62. The van der Waals surface area contributed by atoms with Crippen LogP contribution in [-0.2, 0) is 9.59 Å². The number of nitrogens with zero attached hydrogens (tertiary/aromatic N) is 3. The summed E-state index contributed by atoms with van der Waals surface area (Å²) in [6, 6.07) is 20.0. The molecule has 2 fully saturated rings. The van der Waals surface area contributed by atoms with Crippen LogP contribution in [-0.4, -0.2) is 47.8 Å². The third kappa shape index (κ3) is 4.32. The monoisotopic (exact) mass is 387 g/mol. The topological polar surface area (TPSA) is 64.4 Å². The van der Waals surface area contributed by atoms with Gasteiger partial charge in [0.1, 0.15) is 0 Å². The molecule has 2 aliphatic heterocycles. The van der Waals surface area contributed by atoms with Crippen molar-refractivity contribution in [1.82, 2.24) is 9.80 Å². The van der Waals surface area contributed by atoms with Crippen LogP contribution < -0.4 is 0 Å². The zero-order valence-corrected chi connectivity index (χ0v) is 16.5. The molecule has 0 bridgehead atoms. The van der Waals surface area contributed by atoms with Crippen molar-refractivity contribution in [3.05, 3.63) is 71.3 Å². The standard InChI is InChI=1S/C24H25N3O2/c25-15-18-5-4-8-21(13-18)20-9-11-26(12-10-20)24(29)17-27-16-22(14-23(27)28)19-6-2-1-3-7-19/h1-8,13,20,22H,9-12,14,16-17H2/t22-/m0/s1. The number of nitriles is 1. The first kappa shape index (κ1) is 19.2. The van der Waals surface area contributed by atoms with Gasteiger partial charge in [-0.3, -0.25) is 9.59 Å². The molecule has 1 atom stereocenters. The Labute approximate surface area is 171 Å². The first-order valence-electron chi connectivity index (χ1n) is 10.2. The number of hydrogen-bond acceptors (Lipinski definition) is 3. The van der Waals surface area contributed by atoms with Crippen molar-refractivity contribution >= 4 is 11.8 Å². The van der Waals surface area contributed by atoms with E-state index in [4.69, 9.17) is 5.26 Å². The number of rotatable bonds is 4. The SMILES string of the molecule is N#Cc1cccc(C2CCN(C(=O)CN3C[C@@H](c4ccccc4)CC3=O)CC2)c1. The molecule has 2 amide bonds. The smallest absolute Gasteiger partial charge is 0.242 e. The van der Waals surface area contributed by atoms with Gasteiger partial charge < -0.3 is 9.80 Å². The van der Waals surface area contributed by atoms with Crippen molar-refractivity contribution in [2.45, 2.75) is 31.1 Å². The maximum atomic E-state index is 12.8. The minimum atomic E-state index is 0.0382. The number of carbonyl (C=O) groups excluding carboxylic acids is 2. The van der Waals surface area contributed by atoms with E-state index in [1.54, 1.807) is 4.90 Å². The predicted molar refractivity (Wildman–Crippen MR) is 110 cm³/mol. The number of amides is 2. The number of carbonyl (C=O) groups is 2. The van der Waals surface area contributed by atoms with Crippen LogP contribution in [0.25, 0.3) is 0 Å². The summed E-state index contributed by atoms with van der Waals surface area (Å²) in [5.74, 6) is 0.657. The van der Waals surface area contributed by atoms with E-state index in [2.05, 4.69) is 24.3 Å². The molecule has 2 saturated heterocycles. The summed E-state index contributed by atoms with van der Waals surface area (Å²) in [5, 5.41) is 9.09. The van der Waals surface area contributed by atoms with Crippen LogP contribution >= 0.6 is 0 Å². The van der Waals surface area contributed by atoms with Crippen LogP contribution in [0.5, 0.6) is 0 Å². The van der Waals surface area contributed by atoms with Crippen molar-refractivity contribution in [2.24, 2.45) is 0 Å². The van der Waals surface area contributed by atoms with Gasteiger partial charge in [-0.1, -0.05) is 42.5 Å². The Balaban J connectivity index is 1.31. The summed E-state index contributed by atoms with van der Waals surface area (Å²) < 4.78 is 0. The molecule has 0 unspecified atom stereocenters. The van der Waals surface area contributed by atoms with Crippen LogP contribution in [0.2, 0.25) is 0 Å². The van der Waals surface area contributed by atoms with E-state index < -0.39 is 0 Å². The number of hydrogen-bond donors (Lipinski definition) is 0. The lowest BCUT2D eigenvalue weighted by Crippen LogP contribution is -2.44. The van der Waals surface area contributed by atoms with Gasteiger partial charge in [-0.2, -0.15) is 5.26 Å². The first-order chi connectivity index (χ1) is 14.1. The molecule has 2 aromatic carbocycles. The van der Waals surface area contributed by atoms with E-state index in [0.29, 0.717) is 37.5 Å². The van der Waals surface area contributed by atoms with Gasteiger partial charge in [0, 0.05) is 32.0 Å². The van der Waals surface area contributed by atoms with Crippen LogP contribution in [0, 0.1) is 11.3 Å². The highest BCUT2D eigenvalue weighted by Crippen LogP contribution is 2.30. The summed E-state index contributed by atoms with van der Waals surface area (Å²) in [6.07, 6.45) is 2.26. The summed E-state index contributed by atoms with van der Waals surface area (Å²) in [7, 11) is 0. The zero-order valence-electron chi connectivity index (χ0n) is 16.5. The highest BCUT2D eigenvalue weighted by molar-refractivity contribution is 5.86. The molecule has 0 saturated carbocycles. The fourth-order valence-electron chi connectivity index (χ4n) is 4.46. The maximum Gasteiger partial charge on any atom is 0.242 e. The van der Waals surface area contributed by atoms with Crippen molar-refractivity contribution in [2.75, 3.05) is 26.2 Å². The van der Waals surface area contributed by atoms with Gasteiger partial charge in [0.2, 0.25) is 11.8 Å². The second-order valence-corrected chi connectivity index (χ2v) is 7.98. The normalized spacial score (nSPS) is 20.0. The molecule has 5 heteroatoms. The summed E-state index contributed by atoms with van der Waals surface area (Å²) in [6.45, 7) is 2.19. The molecule has 0 aliphatic carbocycles. The van der Waals surface area contributed by atoms with E-state index in [0.717, 1.165) is 18.4 Å². The molecule has 2 aromatic rings. The van der Waals surface area contributed by atoms with Crippen molar-refractivity contribution in [3.63, 3.8) is 0 Å². The molecule has 148 valence electrons. The number of piperidine rings is 1. The molecular formula is C24H25N3O2. The van der Waals surface area contributed by atoms with Crippen LogP contribution in [0.15, 0.2) is 54.6 Å². The fraction of sp³-hybridized carbons (Fsp3) is 0.375. The molecule has 0 radical (unpaired) electrons. The Morgan fingerprint density at radius 1 is 1.00 bits per heavy atom. The Morgan fingerprint density at radius 2 is 1.72 bits per heavy atom. The average molecular weight is 387 g/mol. The lowest BCUT2D eigenvalue weighted by molar-refractivity contribution is -0.139. The molecular weight excluding hydrogens is 362 g/mol. The molecule has 5 nitrogen and oxygen atoms in total. The number of benzene rings is 2. The van der Waals surface area contributed by atoms with Gasteiger partial charge in [-0.15, -0.1) is 0 Å². The average Bonchev–Trinajstić information content (AvgIpc) is 3.14. The Bertz CT molecular complexity index is 927. The maximum absolute atomic E-state index is 12.8. The van der Waals surface area contributed by atoms with Gasteiger partial charge in [-0.05, 0) is 42.0 Å². The molecule has 2 heterocycles. The Morgan fingerprint density at radius 3 is 2.45 bits per heavy atom. The lowest BCUT2D eigenvalue weighted by Gasteiger charge is -2.33. The molecule has 29 heavy (non-hydrogen) atoms. The zero-order chi connectivity index (χ0) is 20.2. The van der Waals surface area contributed by atoms with Gasteiger partial charge in [0.15, 0.2) is 0 Å². The summed E-state index contributed by atoms with van der Waals surface area (Å²) in [5.41, 5.74) is 3.02. The van der Waals surface area contributed by atoms with Gasteiger partial charge >= 0.3 is 0 Å². The van der Waals surface area contributed by atoms with E-state index in [-0.39, 0.29) is 24.3 Å². The third-order valence-corrected chi connectivity index (χ3v) is 6.15. The minimum absolute atomic E-state index is 0.0382. The second kappa shape index (κ2) is 8.48. The minimum Gasteiger partial charge on any atom is -0.341 e. The van der Waals surface area contributed by atoms with E-state index in [1.165, 1.54) is 5.56 Å². The van der Waals surface area contributed by atoms with Crippen LogP contribution in [0.3, 0.4) is 0 Å². The van der Waals surface area contributed by atoms with Crippen molar-refractivity contribution in [1.29, 1.82) is 5.26 Å². The lowest BCUT2D eigenvalue weighted by atomic mass is 9.88. The summed E-state index contributed by atoms with van der Waals surface area (Å²) in [4.78, 5) is 28.8. The molecule has 0 N–H and O–H groups in total. The molecule has 0 spiro atoms. The highest BCUT2D eigenvalue weighted by Gasteiger charge is 2.33. The first-order valence-corrected chi connectivity index (χ1v) is 10.2. The fourth-order valence-corrected chi connectivity index (χ4v) is 4.46. The van der Waals surface area contributed by atoms with E-state index in [9.17, 15) is 9.59 Å². The van der Waals surface area contributed by atoms with Crippen LogP contribution in [0.4, 0.5) is 0 Å². The van der Waals surface area contributed by atoms with Gasteiger partial charge in [0.05, 0.1) is 18.2 Å². The Hall–Kier alpha value is -3.13. The van der Waals surface area contributed by atoms with E-state index >= 15 is 0 Å². The van der Waals surface area contributed by atoms with Crippen molar-refractivity contribution in [3.8, 4) is 6.07 Å². The quantitative estimate of drug-likeness (QED) is 0.809. The summed E-state index contributed by atoms with van der Waals surface area (Å²) >= 11 is 0. The third-order valence-electron chi connectivity index (χ3n) is 6.15. The largest absolute Gasteiger partial charge is 0.341 e. The van der Waals surface area contributed by atoms with E-state index in [1.807, 2.05) is 41.3 Å². The number of likely N-dealkylation sites (tertiary alicyclic amines) is 2. The molecule has 0 aromatic heterocycles. The molecule has 4 rings (SSSR count). The van der Waals surface area contributed by atoms with Gasteiger partial charge in [-0.25, -0.2) is 0 Å². The van der Waals surface area contributed by atoms with Gasteiger partial charge in [0.25, 0.3) is 0 Å².